The summed E-state index contributed by atoms with van der Waals surface area (Å²) in [5, 5.41) is 4.82. The fraction of sp³-hybridized carbons (Fsp3) is 0.600. The maximum absolute atomic E-state index is 6.04. The average molecular weight is 286 g/mol. The predicted octanol–water partition coefficient (Wildman–Crippen LogP) is 5.62. The molecule has 2 rings (SSSR count). The molecule has 3 heteroatoms. The van der Waals surface area contributed by atoms with Gasteiger partial charge in [-0.3, -0.25) is 0 Å². The Morgan fingerprint density at radius 2 is 1.94 bits per heavy atom. The highest BCUT2D eigenvalue weighted by atomic mass is 35.5. The summed E-state index contributed by atoms with van der Waals surface area (Å²) in [5.41, 5.74) is 1.55. The van der Waals surface area contributed by atoms with Crippen LogP contribution in [0.15, 0.2) is 18.2 Å². The molecule has 18 heavy (non-hydrogen) atoms. The van der Waals surface area contributed by atoms with Gasteiger partial charge in [0.2, 0.25) is 0 Å². The van der Waals surface area contributed by atoms with Crippen LogP contribution in [0.25, 0.3) is 0 Å². The van der Waals surface area contributed by atoms with Crippen molar-refractivity contribution in [2.75, 3.05) is 5.32 Å². The number of halogens is 2. The summed E-state index contributed by atoms with van der Waals surface area (Å²) in [6.07, 6.45) is 3.76. The van der Waals surface area contributed by atoms with Gasteiger partial charge in [0.1, 0.15) is 0 Å². The van der Waals surface area contributed by atoms with Gasteiger partial charge in [-0.05, 0) is 48.8 Å². The van der Waals surface area contributed by atoms with Crippen molar-refractivity contribution in [3.05, 3.63) is 28.2 Å². The van der Waals surface area contributed by atoms with Gasteiger partial charge in [0, 0.05) is 11.7 Å². The second kappa shape index (κ2) is 5.30. The molecule has 0 aliphatic heterocycles. The van der Waals surface area contributed by atoms with Crippen LogP contribution in [-0.2, 0) is 0 Å². The Morgan fingerprint density at radius 3 is 2.56 bits per heavy atom. The highest BCUT2D eigenvalue weighted by Crippen LogP contribution is 2.39. The molecule has 1 nitrogen and oxygen atoms in total. The maximum Gasteiger partial charge on any atom is 0.0612 e. The van der Waals surface area contributed by atoms with Crippen LogP contribution in [0.3, 0.4) is 0 Å². The molecule has 1 aromatic rings. The van der Waals surface area contributed by atoms with E-state index in [1.807, 2.05) is 18.2 Å². The van der Waals surface area contributed by atoms with Crippen molar-refractivity contribution in [3.63, 3.8) is 0 Å². The Morgan fingerprint density at radius 1 is 1.22 bits per heavy atom. The van der Waals surface area contributed by atoms with Crippen LogP contribution in [0.5, 0.6) is 0 Å². The van der Waals surface area contributed by atoms with Gasteiger partial charge in [0.05, 0.1) is 10.0 Å². The Balaban J connectivity index is 2.03. The summed E-state index contributed by atoms with van der Waals surface area (Å²) in [5.74, 6) is 0.684. The van der Waals surface area contributed by atoms with Crippen LogP contribution in [0.1, 0.15) is 40.0 Å². The van der Waals surface area contributed by atoms with E-state index in [0.717, 1.165) is 5.69 Å². The van der Waals surface area contributed by atoms with Crippen LogP contribution in [0.4, 0.5) is 5.69 Å². The minimum Gasteiger partial charge on any atom is -0.382 e. The topological polar surface area (TPSA) is 12.0 Å². The number of benzene rings is 1. The zero-order chi connectivity index (χ0) is 13.3. The molecule has 0 heterocycles. The highest BCUT2D eigenvalue weighted by Gasteiger charge is 2.32. The van der Waals surface area contributed by atoms with Gasteiger partial charge >= 0.3 is 0 Å². The van der Waals surface area contributed by atoms with E-state index >= 15 is 0 Å². The van der Waals surface area contributed by atoms with Gasteiger partial charge in [-0.2, -0.15) is 0 Å². The lowest BCUT2D eigenvalue weighted by Gasteiger charge is -2.40. The first-order chi connectivity index (χ1) is 8.37. The molecule has 1 saturated carbocycles. The molecule has 0 saturated heterocycles. The fourth-order valence-electron chi connectivity index (χ4n) is 2.96. The summed E-state index contributed by atoms with van der Waals surface area (Å²) in [7, 11) is 0. The summed E-state index contributed by atoms with van der Waals surface area (Å²) in [4.78, 5) is 0. The minimum absolute atomic E-state index is 0.481. The third-order valence-corrected chi connectivity index (χ3v) is 4.70. The van der Waals surface area contributed by atoms with Crippen LogP contribution in [0, 0.1) is 11.3 Å². The van der Waals surface area contributed by atoms with E-state index in [1.54, 1.807) is 0 Å². The Labute approximate surface area is 120 Å². The quantitative estimate of drug-likeness (QED) is 0.744. The van der Waals surface area contributed by atoms with Gasteiger partial charge in [0.15, 0.2) is 0 Å². The van der Waals surface area contributed by atoms with Crippen molar-refractivity contribution >= 4 is 28.9 Å². The molecule has 0 spiro atoms. The number of hydrogen-bond acceptors (Lipinski definition) is 1. The van der Waals surface area contributed by atoms with Gasteiger partial charge in [0.25, 0.3) is 0 Å². The normalized spacial score (nSPS) is 26.9. The van der Waals surface area contributed by atoms with E-state index in [2.05, 4.69) is 26.1 Å². The number of nitrogens with one attached hydrogen (secondary N) is 1. The molecule has 0 aromatic heterocycles. The molecule has 1 aliphatic carbocycles. The second-order valence-electron chi connectivity index (χ2n) is 6.26. The average Bonchev–Trinajstić information content (AvgIpc) is 2.27. The van der Waals surface area contributed by atoms with E-state index in [0.29, 0.717) is 27.4 Å². The van der Waals surface area contributed by atoms with Crippen molar-refractivity contribution in [1.82, 2.24) is 0 Å². The molecular formula is C15H21Cl2N. The monoisotopic (exact) mass is 285 g/mol. The van der Waals surface area contributed by atoms with Crippen LogP contribution in [-0.4, -0.2) is 6.04 Å². The van der Waals surface area contributed by atoms with Crippen molar-refractivity contribution < 1.29 is 0 Å². The van der Waals surface area contributed by atoms with Crippen LogP contribution < -0.4 is 5.32 Å². The second-order valence-corrected chi connectivity index (χ2v) is 7.08. The van der Waals surface area contributed by atoms with Gasteiger partial charge in [-0.1, -0.05) is 44.0 Å². The van der Waals surface area contributed by atoms with Gasteiger partial charge in [-0.15, -0.1) is 0 Å². The van der Waals surface area contributed by atoms with E-state index in [1.165, 1.54) is 19.3 Å². The predicted molar refractivity (Wildman–Crippen MR) is 80.7 cm³/mol. The Bertz CT molecular complexity index is 429. The summed E-state index contributed by atoms with van der Waals surface area (Å²) in [6.45, 7) is 7.05. The molecular weight excluding hydrogens is 265 g/mol. The first kappa shape index (κ1) is 14.0. The van der Waals surface area contributed by atoms with E-state index in [9.17, 15) is 0 Å². The summed E-state index contributed by atoms with van der Waals surface area (Å²) in [6, 6.07) is 6.30. The molecule has 2 atom stereocenters. The standard InChI is InChI=1S/C15H21Cl2N/c1-10-9-15(2,3)7-6-14(10)18-11-4-5-12(16)13(17)8-11/h4-5,8,10,14,18H,6-7,9H2,1-3H3. The van der Waals surface area contributed by atoms with Crippen molar-refractivity contribution in [2.45, 2.75) is 46.1 Å². The van der Waals surface area contributed by atoms with E-state index < -0.39 is 0 Å². The van der Waals surface area contributed by atoms with Crippen molar-refractivity contribution in [3.8, 4) is 0 Å². The molecule has 1 aliphatic rings. The number of hydrogen-bond donors (Lipinski definition) is 1. The molecule has 2 unspecified atom stereocenters. The van der Waals surface area contributed by atoms with Crippen LogP contribution in [0.2, 0.25) is 10.0 Å². The SMILES string of the molecule is CC1CC(C)(C)CCC1Nc1ccc(Cl)c(Cl)c1. The number of rotatable bonds is 2. The molecule has 1 N–H and O–H groups in total. The van der Waals surface area contributed by atoms with Crippen molar-refractivity contribution in [1.29, 1.82) is 0 Å². The third kappa shape index (κ3) is 3.33. The lowest BCUT2D eigenvalue weighted by Crippen LogP contribution is -2.36. The van der Waals surface area contributed by atoms with E-state index in [-0.39, 0.29) is 0 Å². The molecule has 100 valence electrons. The first-order valence-electron chi connectivity index (χ1n) is 6.59. The van der Waals surface area contributed by atoms with Gasteiger partial charge < -0.3 is 5.32 Å². The maximum atomic E-state index is 6.04. The molecule has 1 fully saturated rings. The van der Waals surface area contributed by atoms with E-state index in [4.69, 9.17) is 23.2 Å². The third-order valence-electron chi connectivity index (χ3n) is 3.97. The van der Waals surface area contributed by atoms with Gasteiger partial charge in [-0.25, -0.2) is 0 Å². The molecule has 1 aromatic carbocycles. The smallest absolute Gasteiger partial charge is 0.0612 e. The first-order valence-corrected chi connectivity index (χ1v) is 7.34. The Hall–Kier alpha value is -0.400. The van der Waals surface area contributed by atoms with Crippen LogP contribution >= 0.6 is 23.2 Å². The molecule has 0 radical (unpaired) electrons. The fourth-order valence-corrected chi connectivity index (χ4v) is 3.26. The lowest BCUT2D eigenvalue weighted by molar-refractivity contribution is 0.177. The number of anilines is 1. The minimum atomic E-state index is 0.481. The zero-order valence-corrected chi connectivity index (χ0v) is 12.8. The van der Waals surface area contributed by atoms with Crippen molar-refractivity contribution in [2.24, 2.45) is 11.3 Å². The summed E-state index contributed by atoms with van der Waals surface area (Å²) < 4.78 is 0. The Kier molecular flexibility index (Phi) is 4.13. The zero-order valence-electron chi connectivity index (χ0n) is 11.3. The molecule has 0 amide bonds. The summed E-state index contributed by atoms with van der Waals surface area (Å²) >= 11 is 12.0. The largest absolute Gasteiger partial charge is 0.382 e. The highest BCUT2D eigenvalue weighted by molar-refractivity contribution is 6.42. The molecule has 0 bridgehead atoms. The lowest BCUT2D eigenvalue weighted by atomic mass is 9.70.